The summed E-state index contributed by atoms with van der Waals surface area (Å²) < 4.78 is 0. The van der Waals surface area contributed by atoms with Gasteiger partial charge >= 0.3 is 18.0 Å². The second-order valence-corrected chi connectivity index (χ2v) is 10.1. The third-order valence-electron chi connectivity index (χ3n) is 6.77. The van der Waals surface area contributed by atoms with Crippen LogP contribution in [0.15, 0.2) is 60.7 Å². The molecule has 0 aliphatic carbocycles. The molecule has 5 atom stereocenters. The van der Waals surface area contributed by atoms with E-state index in [1.807, 2.05) is 60.7 Å². The number of aliphatic carboxylic acids is 2. The lowest BCUT2D eigenvalue weighted by Crippen LogP contribution is -2.53. The van der Waals surface area contributed by atoms with Gasteiger partial charge < -0.3 is 25.7 Å². The summed E-state index contributed by atoms with van der Waals surface area (Å²) in [4.78, 5) is 50.9. The molecule has 3 rings (SSSR count). The van der Waals surface area contributed by atoms with Gasteiger partial charge in [0.05, 0.1) is 12.1 Å². The molecule has 1 fully saturated rings. The zero-order valence-electron chi connectivity index (χ0n) is 21.8. The Morgan fingerprint density at radius 3 is 2.18 bits per heavy atom. The van der Waals surface area contributed by atoms with Crippen molar-refractivity contribution in [2.24, 2.45) is 0 Å². The van der Waals surface area contributed by atoms with Crippen molar-refractivity contribution in [3.8, 4) is 0 Å². The third-order valence-corrected chi connectivity index (χ3v) is 7.21. The number of nitrogens with one attached hydrogen (secondary N) is 3. The van der Waals surface area contributed by atoms with Crippen LogP contribution in [0.4, 0.5) is 4.79 Å². The minimum atomic E-state index is -1.18. The summed E-state index contributed by atoms with van der Waals surface area (Å²) in [6, 6.07) is 14.7. The highest BCUT2D eigenvalue weighted by molar-refractivity contribution is 7.80. The maximum absolute atomic E-state index is 13.2. The molecule has 1 aliphatic rings. The molecule has 5 N–H and O–H groups in total. The highest BCUT2D eigenvalue weighted by Gasteiger charge is 2.42. The van der Waals surface area contributed by atoms with Crippen LogP contribution in [-0.2, 0) is 27.2 Å². The maximum Gasteiger partial charge on any atom is 0.326 e. The van der Waals surface area contributed by atoms with Crippen molar-refractivity contribution in [3.63, 3.8) is 0 Å². The quantitative estimate of drug-likeness (QED) is 0.207. The Morgan fingerprint density at radius 2 is 1.62 bits per heavy atom. The lowest BCUT2D eigenvalue weighted by molar-refractivity contribution is -0.149. The van der Waals surface area contributed by atoms with Gasteiger partial charge in [0.15, 0.2) is 0 Å². The van der Waals surface area contributed by atoms with Crippen LogP contribution in [0.2, 0.25) is 0 Å². The summed E-state index contributed by atoms with van der Waals surface area (Å²) in [5, 5.41) is 27.9. The molecule has 39 heavy (non-hydrogen) atoms. The molecule has 210 valence electrons. The highest BCUT2D eigenvalue weighted by atomic mass is 32.1. The van der Waals surface area contributed by atoms with Gasteiger partial charge in [-0.3, -0.25) is 14.9 Å². The van der Waals surface area contributed by atoms with Crippen LogP contribution < -0.4 is 16.0 Å². The third kappa shape index (κ3) is 9.00. The van der Waals surface area contributed by atoms with E-state index in [4.69, 9.17) is 0 Å². The van der Waals surface area contributed by atoms with E-state index in [1.54, 1.807) is 0 Å². The number of benzene rings is 2. The smallest absolute Gasteiger partial charge is 0.326 e. The molecule has 0 bridgehead atoms. The predicted octanol–water partition coefficient (Wildman–Crippen LogP) is 1.94. The van der Waals surface area contributed by atoms with E-state index in [9.17, 15) is 29.4 Å². The van der Waals surface area contributed by atoms with E-state index in [-0.39, 0.29) is 25.4 Å². The van der Waals surface area contributed by atoms with Crippen LogP contribution in [0.5, 0.6) is 0 Å². The number of amides is 3. The van der Waals surface area contributed by atoms with Gasteiger partial charge in [0, 0.05) is 24.8 Å². The monoisotopic (exact) mass is 556 g/mol. The minimum Gasteiger partial charge on any atom is -0.480 e. The Morgan fingerprint density at radius 1 is 1.00 bits per heavy atom. The van der Waals surface area contributed by atoms with Gasteiger partial charge in [-0.05, 0) is 37.3 Å². The van der Waals surface area contributed by atoms with E-state index in [2.05, 4.69) is 28.6 Å². The number of urea groups is 1. The molecule has 0 radical (unpaired) electrons. The first kappa shape index (κ1) is 30.0. The lowest BCUT2D eigenvalue weighted by atomic mass is 10.0. The molecular formula is C28H36N4O6S. The van der Waals surface area contributed by atoms with E-state index in [0.29, 0.717) is 18.6 Å². The fourth-order valence-electron chi connectivity index (χ4n) is 4.75. The van der Waals surface area contributed by atoms with Gasteiger partial charge in [-0.25, -0.2) is 9.59 Å². The fourth-order valence-corrected chi connectivity index (χ4v) is 4.97. The van der Waals surface area contributed by atoms with Crippen molar-refractivity contribution < 1.29 is 29.4 Å². The fraction of sp³-hybridized carbons (Fsp3) is 0.429. The number of hydrogen-bond donors (Lipinski definition) is 6. The second-order valence-electron chi connectivity index (χ2n) is 9.77. The molecule has 10 nitrogen and oxygen atoms in total. The van der Waals surface area contributed by atoms with Crippen molar-refractivity contribution in [3.05, 3.63) is 71.8 Å². The maximum atomic E-state index is 13.2. The molecule has 0 saturated carbocycles. The molecule has 2 aromatic rings. The molecule has 11 heteroatoms. The average Bonchev–Trinajstić information content (AvgIpc) is 3.35. The summed E-state index contributed by atoms with van der Waals surface area (Å²) in [5.74, 6) is -2.40. The first-order valence-corrected chi connectivity index (χ1v) is 13.6. The Kier molecular flexibility index (Phi) is 11.2. The molecule has 1 heterocycles. The van der Waals surface area contributed by atoms with E-state index < -0.39 is 48.0 Å². The molecule has 1 aliphatic heterocycles. The van der Waals surface area contributed by atoms with Crippen LogP contribution in [0.25, 0.3) is 0 Å². The summed E-state index contributed by atoms with van der Waals surface area (Å²) in [6.45, 7) is 1.52. The predicted molar refractivity (Wildman–Crippen MR) is 150 cm³/mol. The number of hydrogen-bond acceptors (Lipinski definition) is 6. The van der Waals surface area contributed by atoms with E-state index >= 15 is 0 Å². The molecule has 1 saturated heterocycles. The summed E-state index contributed by atoms with van der Waals surface area (Å²) in [6.07, 6.45) is 1.40. The Balaban J connectivity index is 1.56. The number of thiol groups is 1. The van der Waals surface area contributed by atoms with Crippen molar-refractivity contribution in [1.29, 1.82) is 0 Å². The molecule has 3 amide bonds. The van der Waals surface area contributed by atoms with Crippen LogP contribution in [0.1, 0.15) is 30.9 Å². The average molecular weight is 557 g/mol. The summed E-state index contributed by atoms with van der Waals surface area (Å²) >= 11 is 4.33. The van der Waals surface area contributed by atoms with Crippen molar-refractivity contribution in [2.45, 2.75) is 62.8 Å². The number of carbonyl (C=O) groups is 4. The van der Waals surface area contributed by atoms with Crippen LogP contribution in [-0.4, -0.2) is 81.5 Å². The van der Waals surface area contributed by atoms with Gasteiger partial charge in [0.2, 0.25) is 5.91 Å². The van der Waals surface area contributed by atoms with Gasteiger partial charge in [-0.2, -0.15) is 12.6 Å². The normalized spacial score (nSPS) is 19.1. The SMILES string of the molecule is C[C@H](N[C@@H](CCc1ccccc1)C(=O)O)C(=O)N1C[C@@H](NC(=O)NC(CS)Cc2ccccc2)C[C@H]1C(=O)O. The minimum absolute atomic E-state index is 0.00121. The summed E-state index contributed by atoms with van der Waals surface area (Å²) in [5.41, 5.74) is 2.02. The van der Waals surface area contributed by atoms with Gasteiger partial charge in [-0.1, -0.05) is 60.7 Å². The van der Waals surface area contributed by atoms with Crippen LogP contribution in [0, 0.1) is 0 Å². The van der Waals surface area contributed by atoms with E-state index in [0.717, 1.165) is 11.1 Å². The molecule has 0 aromatic heterocycles. The zero-order chi connectivity index (χ0) is 28.4. The Labute approximate surface area is 233 Å². The van der Waals surface area contributed by atoms with Gasteiger partial charge in [0.25, 0.3) is 0 Å². The van der Waals surface area contributed by atoms with Crippen molar-refractivity contribution >= 4 is 36.5 Å². The number of carboxylic acids is 2. The molecular weight excluding hydrogens is 520 g/mol. The zero-order valence-corrected chi connectivity index (χ0v) is 22.7. The van der Waals surface area contributed by atoms with E-state index in [1.165, 1.54) is 11.8 Å². The van der Waals surface area contributed by atoms with Crippen LogP contribution in [0.3, 0.4) is 0 Å². The van der Waals surface area contributed by atoms with Crippen molar-refractivity contribution in [1.82, 2.24) is 20.9 Å². The second kappa shape index (κ2) is 14.5. The number of rotatable bonds is 13. The number of likely N-dealkylation sites (tertiary alicyclic amines) is 1. The summed E-state index contributed by atoms with van der Waals surface area (Å²) in [7, 11) is 0. The van der Waals surface area contributed by atoms with Gasteiger partial charge in [0.1, 0.15) is 12.1 Å². The Bertz CT molecular complexity index is 1120. The topological polar surface area (TPSA) is 148 Å². The van der Waals surface area contributed by atoms with Crippen molar-refractivity contribution in [2.75, 3.05) is 12.3 Å². The molecule has 2 aromatic carbocycles. The Hall–Kier alpha value is -3.57. The number of carboxylic acid groups (broad SMARTS) is 2. The molecule has 1 unspecified atom stereocenters. The molecule has 0 spiro atoms. The first-order chi connectivity index (χ1) is 18.7. The number of nitrogens with zero attached hydrogens (tertiary/aromatic N) is 1. The first-order valence-electron chi connectivity index (χ1n) is 13.0. The lowest BCUT2D eigenvalue weighted by Gasteiger charge is -2.27. The standard InChI is InChI=1S/C28H36N4O6S/c1-18(29-23(26(34)35)13-12-19-8-4-2-5-9-19)25(33)32-16-21(15-24(32)27(36)37)30-28(38)31-22(17-39)14-20-10-6-3-7-11-20/h2-11,18,21-24,29,39H,12-17H2,1H3,(H,34,35)(H,36,37)(H2,30,31,38)/t18-,21-,22?,23-,24-/m0/s1. The highest BCUT2D eigenvalue weighted by Crippen LogP contribution is 2.20. The largest absolute Gasteiger partial charge is 0.480 e. The number of carbonyl (C=O) groups excluding carboxylic acids is 2. The number of aryl methyl sites for hydroxylation is 1. The van der Waals surface area contributed by atoms with Gasteiger partial charge in [-0.15, -0.1) is 0 Å². The van der Waals surface area contributed by atoms with Crippen LogP contribution >= 0.6 is 12.6 Å².